The number of likely N-dealkylation sites (N-methyl/N-ethyl adjacent to an activating group) is 1. The summed E-state index contributed by atoms with van der Waals surface area (Å²) in [6.07, 6.45) is 4.62. The smallest absolute Gasteiger partial charge is 0.239 e. The predicted molar refractivity (Wildman–Crippen MR) is 175 cm³/mol. The van der Waals surface area contributed by atoms with Crippen molar-refractivity contribution in [3.05, 3.63) is 124 Å². The number of hydrogen-bond acceptors (Lipinski definition) is 5. The minimum atomic E-state index is -3.59. The van der Waals surface area contributed by atoms with Crippen LogP contribution in [0, 0.1) is 5.82 Å². The van der Waals surface area contributed by atoms with Crippen molar-refractivity contribution in [2.45, 2.75) is 12.0 Å². The third kappa shape index (κ3) is 5.13. The van der Waals surface area contributed by atoms with E-state index >= 15 is 0 Å². The van der Waals surface area contributed by atoms with Crippen LogP contribution in [-0.2, 0) is 31.5 Å². The number of H-pyrrole nitrogens is 1. The number of ether oxygens (including phenoxy) is 1. The van der Waals surface area contributed by atoms with Gasteiger partial charge in [0.05, 0.1) is 11.9 Å². The van der Waals surface area contributed by atoms with E-state index in [1.54, 1.807) is 25.3 Å². The number of amides is 1. The Morgan fingerprint density at radius 1 is 1.00 bits per heavy atom. The first-order chi connectivity index (χ1) is 21.4. The van der Waals surface area contributed by atoms with Gasteiger partial charge < -0.3 is 19.9 Å². The third-order valence-corrected chi connectivity index (χ3v) is 9.73. The molecule has 1 amide bonds. The summed E-state index contributed by atoms with van der Waals surface area (Å²) in [5.41, 5.74) is 5.98. The number of benzene rings is 3. The van der Waals surface area contributed by atoms with E-state index in [0.717, 1.165) is 38.3 Å². The van der Waals surface area contributed by atoms with E-state index in [4.69, 9.17) is 4.74 Å². The van der Waals surface area contributed by atoms with Crippen molar-refractivity contribution in [1.29, 1.82) is 0 Å². The van der Waals surface area contributed by atoms with Gasteiger partial charge >= 0.3 is 0 Å². The number of aromatic amines is 1. The second kappa shape index (κ2) is 11.4. The van der Waals surface area contributed by atoms with E-state index in [-0.39, 0.29) is 18.4 Å². The SMILES string of the molecule is CNC(=O)C1(c2cccc(-c3[nH]c4ccccc4c3CN(C)C)c2)C(c2ccc(F)cc2)=CC2=C1COC(N(C)S(C)(=O)=O)=C2. The molecule has 1 unspecified atom stereocenters. The van der Waals surface area contributed by atoms with Crippen molar-refractivity contribution in [2.75, 3.05) is 41.1 Å². The number of carbonyl (C=O) groups is 1. The Bertz CT molecular complexity index is 2030. The standard InChI is InChI=1S/C35H35FN4O4S/c1-37-34(41)35(25-10-8-9-23(17-25)33-28(20-39(2)3)27-11-6-7-12-31(27)38-33)29(22-13-15-26(36)16-14-22)18-24-19-32(44-21-30(24)35)40(4)45(5,42)43/h6-19,38H,20-21H2,1-5H3,(H,37,41). The summed E-state index contributed by atoms with van der Waals surface area (Å²) in [5, 5.41) is 4.01. The number of sulfonamides is 1. The summed E-state index contributed by atoms with van der Waals surface area (Å²) in [6.45, 7) is 0.674. The Morgan fingerprint density at radius 2 is 1.73 bits per heavy atom. The van der Waals surface area contributed by atoms with E-state index in [9.17, 15) is 17.6 Å². The average Bonchev–Trinajstić information content (AvgIpc) is 3.56. The van der Waals surface area contributed by atoms with Crippen LogP contribution in [0.3, 0.4) is 0 Å². The molecule has 2 heterocycles. The average molecular weight is 627 g/mol. The molecule has 2 N–H and O–H groups in total. The lowest BCUT2D eigenvalue weighted by molar-refractivity contribution is -0.123. The van der Waals surface area contributed by atoms with Crippen LogP contribution in [0.2, 0.25) is 0 Å². The number of rotatable bonds is 8. The molecule has 0 saturated heterocycles. The number of fused-ring (bicyclic) bond motifs is 1. The lowest BCUT2D eigenvalue weighted by Gasteiger charge is -2.36. The summed E-state index contributed by atoms with van der Waals surface area (Å²) < 4.78 is 45.9. The van der Waals surface area contributed by atoms with Gasteiger partial charge in [0, 0.05) is 37.6 Å². The number of nitrogens with zero attached hydrogens (tertiary/aromatic N) is 2. The topological polar surface area (TPSA) is 94.7 Å². The van der Waals surface area contributed by atoms with Gasteiger partial charge in [-0.05, 0) is 83.4 Å². The maximum atomic E-state index is 14.4. The van der Waals surface area contributed by atoms with E-state index in [1.807, 2.05) is 62.6 Å². The zero-order valence-electron chi connectivity index (χ0n) is 25.8. The van der Waals surface area contributed by atoms with Crippen molar-refractivity contribution < 1.29 is 22.3 Å². The Morgan fingerprint density at radius 3 is 2.42 bits per heavy atom. The van der Waals surface area contributed by atoms with Crippen molar-refractivity contribution in [3.8, 4) is 11.3 Å². The summed E-state index contributed by atoms with van der Waals surface area (Å²) in [5.74, 6) is -0.531. The molecule has 0 fully saturated rings. The molecule has 10 heteroatoms. The van der Waals surface area contributed by atoms with Crippen LogP contribution >= 0.6 is 0 Å². The number of halogens is 1. The van der Waals surface area contributed by atoms with Gasteiger partial charge in [0.25, 0.3) is 0 Å². The third-order valence-electron chi connectivity index (χ3n) is 8.55. The van der Waals surface area contributed by atoms with Gasteiger partial charge in [-0.25, -0.2) is 17.1 Å². The molecule has 232 valence electrons. The number of para-hydroxylation sites is 1. The molecule has 4 aromatic rings. The number of hydrogen-bond donors (Lipinski definition) is 2. The largest absolute Gasteiger partial charge is 0.474 e. The molecule has 0 radical (unpaired) electrons. The van der Waals surface area contributed by atoms with Gasteiger partial charge in [0.1, 0.15) is 17.8 Å². The number of carbonyl (C=O) groups excluding carboxylic acids is 1. The van der Waals surface area contributed by atoms with Crippen LogP contribution in [0.4, 0.5) is 4.39 Å². The lowest BCUT2D eigenvalue weighted by Crippen LogP contribution is -2.46. The Labute approximate surface area is 262 Å². The van der Waals surface area contributed by atoms with Gasteiger partial charge in [-0.15, -0.1) is 0 Å². The molecule has 1 aliphatic carbocycles. The second-order valence-corrected chi connectivity index (χ2v) is 13.7. The Balaban J connectivity index is 1.61. The first-order valence-electron chi connectivity index (χ1n) is 14.5. The quantitative estimate of drug-likeness (QED) is 0.281. The molecular formula is C35H35FN4O4S. The molecule has 45 heavy (non-hydrogen) atoms. The zero-order chi connectivity index (χ0) is 32.1. The highest BCUT2D eigenvalue weighted by Gasteiger charge is 2.52. The minimum Gasteiger partial charge on any atom is -0.474 e. The fourth-order valence-electron chi connectivity index (χ4n) is 6.39. The first kappa shape index (κ1) is 30.4. The van der Waals surface area contributed by atoms with E-state index in [2.05, 4.69) is 21.3 Å². The fraction of sp³-hybridized carbons (Fsp3) is 0.229. The van der Waals surface area contributed by atoms with Crippen LogP contribution in [0.5, 0.6) is 0 Å². The van der Waals surface area contributed by atoms with Gasteiger partial charge in [0.15, 0.2) is 0 Å². The second-order valence-electron chi connectivity index (χ2n) is 11.7. The highest BCUT2D eigenvalue weighted by molar-refractivity contribution is 7.88. The molecular weight excluding hydrogens is 591 g/mol. The number of nitrogens with one attached hydrogen (secondary N) is 2. The van der Waals surface area contributed by atoms with Gasteiger partial charge in [-0.3, -0.25) is 4.79 Å². The van der Waals surface area contributed by atoms with Crippen LogP contribution in [-0.4, -0.2) is 69.6 Å². The Kier molecular flexibility index (Phi) is 7.66. The Hall–Kier alpha value is -4.67. The van der Waals surface area contributed by atoms with Gasteiger partial charge in [-0.2, -0.15) is 0 Å². The molecule has 1 aromatic heterocycles. The van der Waals surface area contributed by atoms with E-state index in [1.165, 1.54) is 19.2 Å². The molecule has 0 bridgehead atoms. The highest BCUT2D eigenvalue weighted by atomic mass is 32.2. The van der Waals surface area contributed by atoms with Gasteiger partial charge in [-0.1, -0.05) is 48.5 Å². The fourth-order valence-corrected chi connectivity index (χ4v) is 6.82. The molecule has 6 rings (SSSR count). The van der Waals surface area contributed by atoms with E-state index < -0.39 is 21.3 Å². The van der Waals surface area contributed by atoms with Gasteiger partial charge in [0.2, 0.25) is 21.8 Å². The molecule has 0 spiro atoms. The summed E-state index contributed by atoms with van der Waals surface area (Å²) in [7, 11) is 3.47. The van der Waals surface area contributed by atoms with Crippen molar-refractivity contribution in [1.82, 2.24) is 19.5 Å². The van der Waals surface area contributed by atoms with E-state index in [0.29, 0.717) is 34.4 Å². The van der Waals surface area contributed by atoms with Crippen LogP contribution in [0.15, 0.2) is 102 Å². The van der Waals surface area contributed by atoms with Crippen molar-refractivity contribution >= 4 is 32.4 Å². The number of allylic oxidation sites excluding steroid dienone is 3. The maximum absolute atomic E-state index is 14.4. The zero-order valence-corrected chi connectivity index (χ0v) is 26.6. The summed E-state index contributed by atoms with van der Waals surface area (Å²) >= 11 is 0. The maximum Gasteiger partial charge on any atom is 0.239 e. The molecule has 3 aromatic carbocycles. The molecule has 1 atom stereocenters. The monoisotopic (exact) mass is 626 g/mol. The predicted octanol–water partition coefficient (Wildman–Crippen LogP) is 5.18. The van der Waals surface area contributed by atoms with Crippen LogP contribution < -0.4 is 5.32 Å². The van der Waals surface area contributed by atoms with Crippen molar-refractivity contribution in [3.63, 3.8) is 0 Å². The van der Waals surface area contributed by atoms with Crippen LogP contribution in [0.1, 0.15) is 16.7 Å². The molecule has 0 saturated carbocycles. The van der Waals surface area contributed by atoms with Crippen LogP contribution in [0.25, 0.3) is 27.7 Å². The molecule has 8 nitrogen and oxygen atoms in total. The normalized spacial score (nSPS) is 18.0. The van der Waals surface area contributed by atoms with Crippen molar-refractivity contribution in [2.24, 2.45) is 0 Å². The lowest BCUT2D eigenvalue weighted by atomic mass is 9.68. The minimum absolute atomic E-state index is 0.0296. The summed E-state index contributed by atoms with van der Waals surface area (Å²) in [6, 6.07) is 22.1. The summed E-state index contributed by atoms with van der Waals surface area (Å²) in [4.78, 5) is 20.1. The molecule has 1 aliphatic heterocycles. The first-order valence-corrected chi connectivity index (χ1v) is 16.4. The molecule has 2 aliphatic rings. The highest BCUT2D eigenvalue weighted by Crippen LogP contribution is 2.53. The number of aromatic nitrogens is 1.